The molecule has 9 heteroatoms. The van der Waals surface area contributed by atoms with E-state index in [0.717, 1.165) is 0 Å². The van der Waals surface area contributed by atoms with Gasteiger partial charge >= 0.3 is 0 Å². The normalized spacial score (nSPS) is 14.3. The molecule has 3 rings (SSSR count). The SMILES string of the molecule is CC(=O)N1CCN(c2ncc(C(=O)Nc3cc(Cl)cc(Cl)c3)cn2)CC1. The fourth-order valence-electron chi connectivity index (χ4n) is 2.65. The number of halogens is 2. The van der Waals surface area contributed by atoms with Crippen LogP contribution in [-0.2, 0) is 4.79 Å². The van der Waals surface area contributed by atoms with Crippen molar-refractivity contribution in [1.82, 2.24) is 14.9 Å². The number of rotatable bonds is 3. The Morgan fingerprint density at radius 2 is 1.58 bits per heavy atom. The number of hydrogen-bond donors (Lipinski definition) is 1. The second kappa shape index (κ2) is 7.88. The summed E-state index contributed by atoms with van der Waals surface area (Å²) >= 11 is 11.9. The first-order chi connectivity index (χ1) is 12.4. The maximum absolute atomic E-state index is 12.3. The largest absolute Gasteiger partial charge is 0.339 e. The summed E-state index contributed by atoms with van der Waals surface area (Å²) in [7, 11) is 0. The van der Waals surface area contributed by atoms with Crippen molar-refractivity contribution < 1.29 is 9.59 Å². The summed E-state index contributed by atoms with van der Waals surface area (Å²) in [6, 6.07) is 4.80. The van der Waals surface area contributed by atoms with E-state index < -0.39 is 0 Å². The minimum absolute atomic E-state index is 0.0682. The van der Waals surface area contributed by atoms with Gasteiger partial charge in [-0.1, -0.05) is 23.2 Å². The Bertz CT molecular complexity index is 800. The zero-order valence-electron chi connectivity index (χ0n) is 14.1. The number of nitrogens with one attached hydrogen (secondary N) is 1. The predicted molar refractivity (Wildman–Crippen MR) is 101 cm³/mol. The highest BCUT2D eigenvalue weighted by molar-refractivity contribution is 6.35. The van der Waals surface area contributed by atoms with Crippen molar-refractivity contribution in [3.63, 3.8) is 0 Å². The lowest BCUT2D eigenvalue weighted by atomic mass is 10.2. The van der Waals surface area contributed by atoms with E-state index in [1.165, 1.54) is 12.4 Å². The Hall–Kier alpha value is -2.38. The van der Waals surface area contributed by atoms with Gasteiger partial charge in [-0.15, -0.1) is 0 Å². The van der Waals surface area contributed by atoms with Gasteiger partial charge in [0.2, 0.25) is 11.9 Å². The summed E-state index contributed by atoms with van der Waals surface area (Å²) in [5.41, 5.74) is 0.823. The summed E-state index contributed by atoms with van der Waals surface area (Å²) in [4.78, 5) is 36.0. The molecule has 0 unspecified atom stereocenters. The smallest absolute Gasteiger partial charge is 0.258 e. The third-order valence-electron chi connectivity index (χ3n) is 4.03. The summed E-state index contributed by atoms with van der Waals surface area (Å²) in [5, 5.41) is 3.58. The predicted octanol–water partition coefficient (Wildman–Crippen LogP) is 2.70. The van der Waals surface area contributed by atoms with E-state index in [2.05, 4.69) is 15.3 Å². The van der Waals surface area contributed by atoms with Gasteiger partial charge in [0, 0.05) is 61.2 Å². The molecule has 2 amide bonds. The fourth-order valence-corrected chi connectivity index (χ4v) is 3.18. The van der Waals surface area contributed by atoms with E-state index in [9.17, 15) is 9.59 Å². The van der Waals surface area contributed by atoms with E-state index >= 15 is 0 Å². The molecule has 26 heavy (non-hydrogen) atoms. The number of nitrogens with zero attached hydrogens (tertiary/aromatic N) is 4. The molecule has 0 radical (unpaired) electrons. The van der Waals surface area contributed by atoms with Crippen molar-refractivity contribution in [1.29, 1.82) is 0 Å². The molecule has 1 saturated heterocycles. The van der Waals surface area contributed by atoms with Crippen LogP contribution in [-0.4, -0.2) is 52.9 Å². The number of amides is 2. The van der Waals surface area contributed by atoms with Crippen LogP contribution in [0.2, 0.25) is 10.0 Å². The van der Waals surface area contributed by atoms with Crippen LogP contribution in [0.15, 0.2) is 30.6 Å². The van der Waals surface area contributed by atoms with Gasteiger partial charge in [0.15, 0.2) is 0 Å². The van der Waals surface area contributed by atoms with Crippen LogP contribution in [0.1, 0.15) is 17.3 Å². The van der Waals surface area contributed by atoms with Crippen LogP contribution < -0.4 is 10.2 Å². The molecule has 1 fully saturated rings. The van der Waals surface area contributed by atoms with Crippen LogP contribution in [0.3, 0.4) is 0 Å². The van der Waals surface area contributed by atoms with E-state index in [4.69, 9.17) is 23.2 Å². The van der Waals surface area contributed by atoms with Crippen LogP contribution >= 0.6 is 23.2 Å². The molecule has 0 spiro atoms. The first kappa shape index (κ1) is 18.4. The third-order valence-corrected chi connectivity index (χ3v) is 4.47. The zero-order chi connectivity index (χ0) is 18.7. The fraction of sp³-hybridized carbons (Fsp3) is 0.294. The Morgan fingerprint density at radius 1 is 1.00 bits per heavy atom. The van der Waals surface area contributed by atoms with Gasteiger partial charge in [-0.2, -0.15) is 0 Å². The molecule has 1 aliphatic rings. The van der Waals surface area contributed by atoms with Gasteiger partial charge in [-0.05, 0) is 18.2 Å². The number of benzene rings is 1. The Kier molecular flexibility index (Phi) is 5.58. The maximum atomic E-state index is 12.3. The molecular formula is C17H17Cl2N5O2. The zero-order valence-corrected chi connectivity index (χ0v) is 15.6. The lowest BCUT2D eigenvalue weighted by Gasteiger charge is -2.34. The van der Waals surface area contributed by atoms with Gasteiger partial charge in [0.25, 0.3) is 5.91 Å². The summed E-state index contributed by atoms with van der Waals surface area (Å²) < 4.78 is 0. The topological polar surface area (TPSA) is 78.4 Å². The average molecular weight is 394 g/mol. The van der Waals surface area contributed by atoms with Gasteiger partial charge in [0.1, 0.15) is 0 Å². The molecular weight excluding hydrogens is 377 g/mol. The molecule has 1 aliphatic heterocycles. The number of anilines is 2. The van der Waals surface area contributed by atoms with E-state index in [1.807, 2.05) is 4.90 Å². The Balaban J connectivity index is 1.64. The van der Waals surface area contributed by atoms with E-state index in [0.29, 0.717) is 53.4 Å². The van der Waals surface area contributed by atoms with Crippen LogP contribution in [0.25, 0.3) is 0 Å². The average Bonchev–Trinajstić information content (AvgIpc) is 2.61. The van der Waals surface area contributed by atoms with Gasteiger partial charge in [0.05, 0.1) is 5.56 Å². The van der Waals surface area contributed by atoms with E-state index in [1.54, 1.807) is 30.0 Å². The molecule has 1 aromatic carbocycles. The molecule has 0 aliphatic carbocycles. The molecule has 7 nitrogen and oxygen atoms in total. The van der Waals surface area contributed by atoms with Gasteiger partial charge in [-0.25, -0.2) is 9.97 Å². The molecule has 0 bridgehead atoms. The minimum Gasteiger partial charge on any atom is -0.339 e. The standard InChI is InChI=1S/C17H17Cl2N5O2/c1-11(25)23-2-4-24(5-3-23)17-20-9-12(10-21-17)16(26)22-15-7-13(18)6-14(19)8-15/h6-10H,2-5H2,1H3,(H,22,26). The first-order valence-electron chi connectivity index (χ1n) is 8.02. The molecule has 2 aromatic rings. The summed E-state index contributed by atoms with van der Waals surface area (Å²) in [5.74, 6) is 0.255. The minimum atomic E-state index is -0.351. The monoisotopic (exact) mass is 393 g/mol. The number of hydrogen-bond acceptors (Lipinski definition) is 5. The summed E-state index contributed by atoms with van der Waals surface area (Å²) in [6.45, 7) is 4.15. The quantitative estimate of drug-likeness (QED) is 0.866. The highest BCUT2D eigenvalue weighted by atomic mass is 35.5. The molecule has 1 N–H and O–H groups in total. The number of carbonyl (C=O) groups excluding carboxylic acids is 2. The van der Waals surface area contributed by atoms with Crippen molar-refractivity contribution in [2.75, 3.05) is 36.4 Å². The number of aromatic nitrogens is 2. The molecule has 0 saturated carbocycles. The number of carbonyl (C=O) groups is 2. The van der Waals surface area contributed by atoms with Crippen molar-refractivity contribution in [3.05, 3.63) is 46.2 Å². The van der Waals surface area contributed by atoms with Gasteiger partial charge < -0.3 is 15.1 Å². The van der Waals surface area contributed by atoms with Crippen molar-refractivity contribution in [3.8, 4) is 0 Å². The lowest BCUT2D eigenvalue weighted by molar-refractivity contribution is -0.129. The van der Waals surface area contributed by atoms with Crippen molar-refractivity contribution >= 4 is 46.7 Å². The Morgan fingerprint density at radius 3 is 2.12 bits per heavy atom. The molecule has 2 heterocycles. The lowest BCUT2D eigenvalue weighted by Crippen LogP contribution is -2.48. The number of piperazine rings is 1. The van der Waals surface area contributed by atoms with Gasteiger partial charge in [-0.3, -0.25) is 9.59 Å². The first-order valence-corrected chi connectivity index (χ1v) is 8.78. The summed E-state index contributed by atoms with van der Waals surface area (Å²) in [6.07, 6.45) is 2.95. The highest BCUT2D eigenvalue weighted by Crippen LogP contribution is 2.23. The molecule has 136 valence electrons. The maximum Gasteiger partial charge on any atom is 0.258 e. The second-order valence-electron chi connectivity index (χ2n) is 5.88. The van der Waals surface area contributed by atoms with Crippen LogP contribution in [0.4, 0.5) is 11.6 Å². The van der Waals surface area contributed by atoms with Crippen LogP contribution in [0.5, 0.6) is 0 Å². The highest BCUT2D eigenvalue weighted by Gasteiger charge is 2.20. The van der Waals surface area contributed by atoms with Crippen molar-refractivity contribution in [2.24, 2.45) is 0 Å². The third kappa shape index (κ3) is 4.42. The molecule has 1 aromatic heterocycles. The van der Waals surface area contributed by atoms with Crippen molar-refractivity contribution in [2.45, 2.75) is 6.92 Å². The Labute approximate surface area is 160 Å². The van der Waals surface area contributed by atoms with Crippen LogP contribution in [0, 0.1) is 0 Å². The second-order valence-corrected chi connectivity index (χ2v) is 6.75. The van der Waals surface area contributed by atoms with E-state index in [-0.39, 0.29) is 11.8 Å². The molecule has 0 atom stereocenters.